The van der Waals surface area contributed by atoms with E-state index >= 15 is 0 Å². The summed E-state index contributed by atoms with van der Waals surface area (Å²) in [4.78, 5) is 0. The van der Waals surface area contributed by atoms with Crippen LogP contribution < -0.4 is 5.32 Å². The van der Waals surface area contributed by atoms with Crippen LogP contribution in [0.15, 0.2) is 46.9 Å². The summed E-state index contributed by atoms with van der Waals surface area (Å²) in [6, 6.07) is 12.1. The van der Waals surface area contributed by atoms with E-state index in [-0.39, 0.29) is 11.9 Å². The van der Waals surface area contributed by atoms with Crippen molar-refractivity contribution < 1.29 is 4.39 Å². The molecule has 0 heterocycles. The minimum Gasteiger partial charge on any atom is -0.309 e. The molecule has 0 spiro atoms. The molecule has 0 fully saturated rings. The minimum atomic E-state index is -0.283. The van der Waals surface area contributed by atoms with Gasteiger partial charge in [0, 0.05) is 15.1 Å². The Kier molecular flexibility index (Phi) is 4.38. The fourth-order valence-corrected chi connectivity index (χ4v) is 2.77. The van der Waals surface area contributed by atoms with Crippen molar-refractivity contribution in [2.45, 2.75) is 6.04 Å². The van der Waals surface area contributed by atoms with Gasteiger partial charge >= 0.3 is 0 Å². The molecular formula is C14H12BrClFN. The highest BCUT2D eigenvalue weighted by Gasteiger charge is 2.20. The number of nitrogens with one attached hydrogen (secondary N) is 1. The van der Waals surface area contributed by atoms with Gasteiger partial charge in [-0.1, -0.05) is 51.8 Å². The number of benzene rings is 2. The molecule has 1 atom stereocenters. The van der Waals surface area contributed by atoms with Crippen molar-refractivity contribution in [1.82, 2.24) is 5.32 Å². The van der Waals surface area contributed by atoms with Crippen LogP contribution in [0, 0.1) is 5.82 Å². The first-order valence-electron chi connectivity index (χ1n) is 5.50. The Morgan fingerprint density at radius 3 is 2.50 bits per heavy atom. The molecule has 0 radical (unpaired) electrons. The van der Waals surface area contributed by atoms with Crippen LogP contribution in [-0.2, 0) is 0 Å². The fraction of sp³-hybridized carbons (Fsp3) is 0.143. The maximum atomic E-state index is 14.0. The number of hydrogen-bond donors (Lipinski definition) is 1. The molecule has 1 N–H and O–H groups in total. The van der Waals surface area contributed by atoms with Crippen LogP contribution in [0.25, 0.3) is 0 Å². The Hall–Kier alpha value is -0.900. The van der Waals surface area contributed by atoms with Gasteiger partial charge in [-0.2, -0.15) is 0 Å². The van der Waals surface area contributed by atoms with Crippen LogP contribution in [0.3, 0.4) is 0 Å². The van der Waals surface area contributed by atoms with Gasteiger partial charge in [0.25, 0.3) is 0 Å². The lowest BCUT2D eigenvalue weighted by Crippen LogP contribution is -2.19. The lowest BCUT2D eigenvalue weighted by atomic mass is 9.98. The summed E-state index contributed by atoms with van der Waals surface area (Å²) in [5.41, 5.74) is 1.42. The standard InChI is InChI=1S/C14H12BrClFN/c1-18-14(9-5-2-3-7-11(9)16)13-10(15)6-4-8-12(13)17/h2-8,14,18H,1H3. The normalized spacial score (nSPS) is 12.4. The van der Waals surface area contributed by atoms with Crippen LogP contribution >= 0.6 is 27.5 Å². The van der Waals surface area contributed by atoms with Crippen molar-refractivity contribution in [3.63, 3.8) is 0 Å². The summed E-state index contributed by atoms with van der Waals surface area (Å²) in [6.45, 7) is 0. The van der Waals surface area contributed by atoms with Gasteiger partial charge in [0.15, 0.2) is 0 Å². The van der Waals surface area contributed by atoms with Gasteiger partial charge in [0.1, 0.15) is 5.82 Å². The topological polar surface area (TPSA) is 12.0 Å². The molecule has 1 nitrogen and oxygen atoms in total. The highest BCUT2D eigenvalue weighted by molar-refractivity contribution is 9.10. The summed E-state index contributed by atoms with van der Waals surface area (Å²) < 4.78 is 14.7. The summed E-state index contributed by atoms with van der Waals surface area (Å²) in [5.74, 6) is -0.261. The average Bonchev–Trinajstić information content (AvgIpc) is 2.35. The Balaban J connectivity index is 2.56. The molecule has 1 unspecified atom stereocenters. The second kappa shape index (κ2) is 5.83. The second-order valence-corrected chi connectivity index (χ2v) is 5.14. The zero-order chi connectivity index (χ0) is 13.1. The zero-order valence-corrected chi connectivity index (χ0v) is 12.1. The first-order valence-corrected chi connectivity index (χ1v) is 6.68. The molecule has 0 aliphatic rings. The predicted molar refractivity (Wildman–Crippen MR) is 76.5 cm³/mol. The van der Waals surface area contributed by atoms with E-state index in [2.05, 4.69) is 21.2 Å². The molecule has 2 rings (SSSR count). The van der Waals surface area contributed by atoms with Crippen molar-refractivity contribution in [1.29, 1.82) is 0 Å². The van der Waals surface area contributed by atoms with Gasteiger partial charge in [-0.15, -0.1) is 0 Å². The van der Waals surface area contributed by atoms with Gasteiger partial charge in [-0.25, -0.2) is 4.39 Å². The first-order chi connectivity index (χ1) is 8.65. The van der Waals surface area contributed by atoms with Gasteiger partial charge in [-0.05, 0) is 30.8 Å². The first kappa shape index (κ1) is 13.5. The lowest BCUT2D eigenvalue weighted by Gasteiger charge is -2.20. The molecule has 0 aliphatic heterocycles. The van der Waals surface area contributed by atoms with Crippen LogP contribution in [0.2, 0.25) is 5.02 Å². The molecule has 2 aromatic carbocycles. The quantitative estimate of drug-likeness (QED) is 0.871. The fourth-order valence-electron chi connectivity index (χ4n) is 1.95. The SMILES string of the molecule is CNC(c1ccccc1Cl)c1c(F)cccc1Br. The molecule has 4 heteroatoms. The summed E-state index contributed by atoms with van der Waals surface area (Å²) in [5, 5.41) is 3.72. The third kappa shape index (κ3) is 2.58. The maximum Gasteiger partial charge on any atom is 0.129 e. The lowest BCUT2D eigenvalue weighted by molar-refractivity contribution is 0.574. The minimum absolute atomic E-state index is 0.261. The van der Waals surface area contributed by atoms with Crippen LogP contribution in [0.1, 0.15) is 17.2 Å². The molecule has 0 aliphatic carbocycles. The number of hydrogen-bond acceptors (Lipinski definition) is 1. The molecular weight excluding hydrogens is 317 g/mol. The predicted octanol–water partition coefficient (Wildman–Crippen LogP) is 4.55. The van der Waals surface area contributed by atoms with Crippen molar-refractivity contribution in [3.05, 3.63) is 68.9 Å². The molecule has 0 amide bonds. The van der Waals surface area contributed by atoms with Gasteiger partial charge < -0.3 is 5.32 Å². The van der Waals surface area contributed by atoms with E-state index < -0.39 is 0 Å². The smallest absolute Gasteiger partial charge is 0.129 e. The summed E-state index contributed by atoms with van der Waals surface area (Å²) in [7, 11) is 1.78. The largest absolute Gasteiger partial charge is 0.309 e. The van der Waals surface area contributed by atoms with Crippen LogP contribution in [0.4, 0.5) is 4.39 Å². The van der Waals surface area contributed by atoms with E-state index in [1.54, 1.807) is 19.2 Å². The van der Waals surface area contributed by atoms with E-state index in [0.717, 1.165) is 10.0 Å². The van der Waals surface area contributed by atoms with E-state index in [4.69, 9.17) is 11.6 Å². The maximum absolute atomic E-state index is 14.0. The molecule has 0 bridgehead atoms. The van der Waals surface area contributed by atoms with E-state index in [1.165, 1.54) is 6.07 Å². The zero-order valence-electron chi connectivity index (χ0n) is 9.75. The highest BCUT2D eigenvalue weighted by Crippen LogP contribution is 2.33. The summed E-state index contributed by atoms with van der Waals surface area (Å²) in [6.07, 6.45) is 0. The third-order valence-corrected chi connectivity index (χ3v) is 3.83. The molecule has 2 aromatic rings. The van der Waals surface area contributed by atoms with Gasteiger partial charge in [0.2, 0.25) is 0 Å². The van der Waals surface area contributed by atoms with E-state index in [1.807, 2.05) is 24.3 Å². The molecule has 18 heavy (non-hydrogen) atoms. The van der Waals surface area contributed by atoms with Gasteiger partial charge in [0.05, 0.1) is 6.04 Å². The number of rotatable bonds is 3. The Bertz CT molecular complexity index is 539. The Morgan fingerprint density at radius 2 is 1.89 bits per heavy atom. The Labute approximate surface area is 119 Å². The second-order valence-electron chi connectivity index (χ2n) is 3.88. The highest BCUT2D eigenvalue weighted by atomic mass is 79.9. The summed E-state index contributed by atoms with van der Waals surface area (Å²) >= 11 is 9.56. The third-order valence-electron chi connectivity index (χ3n) is 2.79. The van der Waals surface area contributed by atoms with E-state index in [0.29, 0.717) is 10.6 Å². The average molecular weight is 329 g/mol. The van der Waals surface area contributed by atoms with Crippen molar-refractivity contribution in [3.8, 4) is 0 Å². The number of halogens is 3. The van der Waals surface area contributed by atoms with Crippen molar-refractivity contribution >= 4 is 27.5 Å². The van der Waals surface area contributed by atoms with Crippen LogP contribution in [-0.4, -0.2) is 7.05 Å². The Morgan fingerprint density at radius 1 is 1.17 bits per heavy atom. The van der Waals surface area contributed by atoms with Crippen molar-refractivity contribution in [2.24, 2.45) is 0 Å². The molecule has 0 aromatic heterocycles. The van der Waals surface area contributed by atoms with Crippen molar-refractivity contribution in [2.75, 3.05) is 7.05 Å². The molecule has 94 valence electrons. The van der Waals surface area contributed by atoms with Crippen LogP contribution in [0.5, 0.6) is 0 Å². The molecule has 0 saturated heterocycles. The van der Waals surface area contributed by atoms with E-state index in [9.17, 15) is 4.39 Å². The molecule has 0 saturated carbocycles. The monoisotopic (exact) mass is 327 g/mol. The van der Waals surface area contributed by atoms with Gasteiger partial charge in [-0.3, -0.25) is 0 Å².